The van der Waals surface area contributed by atoms with Crippen molar-refractivity contribution in [2.45, 2.75) is 24.9 Å². The van der Waals surface area contributed by atoms with Crippen LogP contribution in [0, 0.1) is 0 Å². The smallest absolute Gasteiger partial charge is 0.320 e. The molecule has 4 aromatic rings. The van der Waals surface area contributed by atoms with Gasteiger partial charge < -0.3 is 36.8 Å². The van der Waals surface area contributed by atoms with Crippen LogP contribution in [-0.2, 0) is 22.4 Å². The second-order valence-electron chi connectivity index (χ2n) is 7.20. The van der Waals surface area contributed by atoms with Gasteiger partial charge in [-0.25, -0.2) is 0 Å². The summed E-state index contributed by atoms with van der Waals surface area (Å²) in [6.45, 7) is 0. The minimum absolute atomic E-state index is 0.150. The molecule has 9 heteroatoms. The fraction of sp³-hybridized carbons (Fsp3) is 0.182. The first-order valence-corrected chi connectivity index (χ1v) is 9.57. The molecule has 2 aromatic heterocycles. The Labute approximate surface area is 177 Å². The number of fused-ring (bicyclic) bond motifs is 2. The number of H-pyrrole nitrogens is 2. The first kappa shape index (κ1) is 21.9. The lowest BCUT2D eigenvalue weighted by atomic mass is 10.1. The zero-order valence-electron chi connectivity index (χ0n) is 16.6. The quantitative estimate of drug-likeness (QED) is 0.247. The van der Waals surface area contributed by atoms with Crippen molar-refractivity contribution in [2.75, 3.05) is 0 Å². The van der Waals surface area contributed by atoms with E-state index in [1.807, 2.05) is 30.5 Å². The van der Waals surface area contributed by atoms with Crippen LogP contribution < -0.4 is 11.5 Å². The van der Waals surface area contributed by atoms with Crippen molar-refractivity contribution in [2.24, 2.45) is 11.5 Å². The zero-order chi connectivity index (χ0) is 22.5. The number of nitrogens with one attached hydrogen (secondary N) is 2. The van der Waals surface area contributed by atoms with Crippen LogP contribution in [0.15, 0.2) is 54.9 Å². The monoisotopic (exact) mass is 424 g/mol. The van der Waals surface area contributed by atoms with E-state index in [2.05, 4.69) is 9.97 Å². The van der Waals surface area contributed by atoms with Gasteiger partial charge in [0.2, 0.25) is 0 Å². The van der Waals surface area contributed by atoms with Crippen LogP contribution >= 0.6 is 0 Å². The van der Waals surface area contributed by atoms with Crippen LogP contribution in [0.2, 0.25) is 0 Å². The Balaban J connectivity index is 0.000000176. The summed E-state index contributed by atoms with van der Waals surface area (Å²) in [5.41, 5.74) is 14.5. The maximum atomic E-state index is 10.6. The molecule has 2 aromatic carbocycles. The molecule has 0 saturated carbocycles. The third-order valence-corrected chi connectivity index (χ3v) is 4.94. The zero-order valence-corrected chi connectivity index (χ0v) is 16.6. The molecule has 0 aliphatic rings. The number of phenolic OH excluding ortho intramolecular Hbond substituents is 1. The molecule has 0 radical (unpaired) electrons. The molecule has 2 atom stereocenters. The number of aliphatic carboxylic acids is 2. The molecular formula is C22H24N4O5. The van der Waals surface area contributed by atoms with Crippen LogP contribution in [0.3, 0.4) is 0 Å². The number of hydrogen-bond donors (Lipinski definition) is 7. The molecule has 9 N–H and O–H groups in total. The Morgan fingerprint density at radius 1 is 0.806 bits per heavy atom. The predicted octanol–water partition coefficient (Wildman–Crippen LogP) is 1.95. The molecule has 0 bridgehead atoms. The molecule has 0 spiro atoms. The van der Waals surface area contributed by atoms with Crippen molar-refractivity contribution in [3.63, 3.8) is 0 Å². The molecule has 0 fully saturated rings. The van der Waals surface area contributed by atoms with Gasteiger partial charge in [-0.3, -0.25) is 9.59 Å². The largest absolute Gasteiger partial charge is 0.508 e. The molecule has 4 rings (SSSR count). The highest BCUT2D eigenvalue weighted by atomic mass is 16.4. The molecule has 31 heavy (non-hydrogen) atoms. The van der Waals surface area contributed by atoms with Crippen LogP contribution in [-0.4, -0.2) is 49.3 Å². The van der Waals surface area contributed by atoms with Crippen molar-refractivity contribution in [1.29, 1.82) is 0 Å². The molecule has 0 aliphatic carbocycles. The van der Waals surface area contributed by atoms with Crippen LogP contribution in [0.5, 0.6) is 5.75 Å². The lowest BCUT2D eigenvalue weighted by Crippen LogP contribution is -2.32. The van der Waals surface area contributed by atoms with Gasteiger partial charge in [0.1, 0.15) is 17.8 Å². The summed E-state index contributed by atoms with van der Waals surface area (Å²) >= 11 is 0. The molecule has 162 valence electrons. The third kappa shape index (κ3) is 5.21. The summed E-state index contributed by atoms with van der Waals surface area (Å²) in [7, 11) is 0. The van der Waals surface area contributed by atoms with E-state index in [4.69, 9.17) is 21.7 Å². The van der Waals surface area contributed by atoms with Gasteiger partial charge >= 0.3 is 11.9 Å². The Kier molecular flexibility index (Phi) is 6.58. The highest BCUT2D eigenvalue weighted by molar-refractivity contribution is 5.86. The number of aromatic amines is 2. The molecule has 9 nitrogen and oxygen atoms in total. The molecule has 0 amide bonds. The number of nitrogens with two attached hydrogens (primary N) is 2. The second-order valence-corrected chi connectivity index (χ2v) is 7.20. The average Bonchev–Trinajstić information content (AvgIpc) is 3.32. The number of aromatic nitrogens is 2. The Bertz CT molecular complexity index is 1210. The number of hydrogen-bond acceptors (Lipinski definition) is 5. The van der Waals surface area contributed by atoms with Gasteiger partial charge in [0, 0.05) is 47.0 Å². The summed E-state index contributed by atoms with van der Waals surface area (Å²) in [4.78, 5) is 27.4. The molecule has 0 aliphatic heterocycles. The number of rotatable bonds is 6. The topological polar surface area (TPSA) is 178 Å². The third-order valence-electron chi connectivity index (χ3n) is 4.94. The SMILES string of the molecule is NC(Cc1c[nH]c2ccccc12)C(=O)O.N[C@@H](Cc1c[nH]c2ccc(O)cc12)C(=O)O. The molecule has 1 unspecified atom stereocenters. The van der Waals surface area contributed by atoms with Crippen molar-refractivity contribution in [3.05, 3.63) is 66.0 Å². The maximum Gasteiger partial charge on any atom is 0.320 e. The van der Waals surface area contributed by atoms with Gasteiger partial charge in [0.25, 0.3) is 0 Å². The summed E-state index contributed by atoms with van der Waals surface area (Å²) < 4.78 is 0. The summed E-state index contributed by atoms with van der Waals surface area (Å²) in [6.07, 6.45) is 4.11. The summed E-state index contributed by atoms with van der Waals surface area (Å²) in [6, 6.07) is 10.9. The number of carboxylic acids is 2. The van der Waals surface area contributed by atoms with Gasteiger partial charge in [-0.1, -0.05) is 18.2 Å². The number of benzene rings is 2. The van der Waals surface area contributed by atoms with Crippen LogP contribution in [0.25, 0.3) is 21.8 Å². The highest BCUT2D eigenvalue weighted by Gasteiger charge is 2.15. The van der Waals surface area contributed by atoms with E-state index in [1.165, 1.54) is 0 Å². The van der Waals surface area contributed by atoms with E-state index >= 15 is 0 Å². The van der Waals surface area contributed by atoms with Gasteiger partial charge in [-0.15, -0.1) is 0 Å². The lowest BCUT2D eigenvalue weighted by molar-refractivity contribution is -0.139. The highest BCUT2D eigenvalue weighted by Crippen LogP contribution is 2.23. The average molecular weight is 424 g/mol. The number of para-hydroxylation sites is 1. The van der Waals surface area contributed by atoms with Crippen molar-refractivity contribution in [1.82, 2.24) is 9.97 Å². The van der Waals surface area contributed by atoms with Gasteiger partial charge in [0.05, 0.1) is 0 Å². The minimum atomic E-state index is -1.03. The molecule has 2 heterocycles. The van der Waals surface area contributed by atoms with Crippen molar-refractivity contribution < 1.29 is 24.9 Å². The van der Waals surface area contributed by atoms with E-state index in [1.54, 1.807) is 24.4 Å². The summed E-state index contributed by atoms with van der Waals surface area (Å²) in [5, 5.41) is 28.6. The lowest BCUT2D eigenvalue weighted by Gasteiger charge is -2.04. The van der Waals surface area contributed by atoms with E-state index < -0.39 is 24.0 Å². The van der Waals surface area contributed by atoms with E-state index in [0.717, 1.165) is 32.9 Å². The van der Waals surface area contributed by atoms with E-state index in [0.29, 0.717) is 6.42 Å². The maximum absolute atomic E-state index is 10.6. The fourth-order valence-corrected chi connectivity index (χ4v) is 3.28. The first-order chi connectivity index (χ1) is 14.8. The van der Waals surface area contributed by atoms with E-state index in [9.17, 15) is 14.7 Å². The Hall–Kier alpha value is -3.82. The minimum Gasteiger partial charge on any atom is -0.508 e. The number of carboxylic acid groups (broad SMARTS) is 2. The fourth-order valence-electron chi connectivity index (χ4n) is 3.28. The predicted molar refractivity (Wildman–Crippen MR) is 117 cm³/mol. The van der Waals surface area contributed by atoms with E-state index in [-0.39, 0.29) is 12.2 Å². The Morgan fingerprint density at radius 2 is 1.32 bits per heavy atom. The number of carbonyl (C=O) groups is 2. The standard InChI is InChI=1S/C11H12N2O3.C11H12N2O2/c12-9(11(15)16)3-6-5-13-10-2-1-7(14)4-8(6)10;12-9(11(14)15)5-7-6-13-10-4-2-1-3-8(7)10/h1-2,4-5,9,13-14H,3,12H2,(H,15,16);1-4,6,9,13H,5,12H2,(H,14,15)/t9-;/m0./s1. The van der Waals surface area contributed by atoms with Crippen LogP contribution in [0.4, 0.5) is 0 Å². The van der Waals surface area contributed by atoms with Crippen LogP contribution in [0.1, 0.15) is 11.1 Å². The number of phenols is 1. The second kappa shape index (κ2) is 9.33. The van der Waals surface area contributed by atoms with Gasteiger partial charge in [0.15, 0.2) is 0 Å². The molecular weight excluding hydrogens is 400 g/mol. The van der Waals surface area contributed by atoms with Gasteiger partial charge in [-0.2, -0.15) is 0 Å². The number of aromatic hydroxyl groups is 1. The first-order valence-electron chi connectivity index (χ1n) is 9.57. The summed E-state index contributed by atoms with van der Waals surface area (Å²) in [5.74, 6) is -1.85. The van der Waals surface area contributed by atoms with Crippen molar-refractivity contribution >= 4 is 33.7 Å². The Morgan fingerprint density at radius 3 is 1.90 bits per heavy atom. The normalized spacial score (nSPS) is 12.8. The van der Waals surface area contributed by atoms with Crippen molar-refractivity contribution in [3.8, 4) is 5.75 Å². The van der Waals surface area contributed by atoms with Gasteiger partial charge in [-0.05, 0) is 35.4 Å². The molecule has 0 saturated heterocycles.